The molecule has 1 unspecified atom stereocenters. The molecule has 0 radical (unpaired) electrons. The van der Waals surface area contributed by atoms with Gasteiger partial charge in [-0.25, -0.2) is 8.78 Å². The number of hydrogen-bond acceptors (Lipinski definition) is 2. The van der Waals surface area contributed by atoms with Crippen LogP contribution in [-0.2, 0) is 4.74 Å². The second-order valence-corrected chi connectivity index (χ2v) is 5.07. The van der Waals surface area contributed by atoms with Crippen LogP contribution in [0.4, 0.5) is 8.78 Å². The van der Waals surface area contributed by atoms with E-state index in [4.69, 9.17) is 4.74 Å². The lowest BCUT2D eigenvalue weighted by atomic mass is 9.79. The fraction of sp³-hybridized carbons (Fsp3) is 0.600. The molecule has 1 aliphatic rings. The molecule has 0 saturated heterocycles. The van der Waals surface area contributed by atoms with Crippen molar-refractivity contribution in [1.82, 2.24) is 0 Å². The molecule has 1 N–H and O–H groups in total. The fourth-order valence-electron chi connectivity index (χ4n) is 2.30. The van der Waals surface area contributed by atoms with Crippen molar-refractivity contribution in [2.75, 3.05) is 13.2 Å². The van der Waals surface area contributed by atoms with Gasteiger partial charge >= 0.3 is 0 Å². The van der Waals surface area contributed by atoms with Gasteiger partial charge < -0.3 is 9.84 Å². The molecule has 1 aromatic carbocycles. The molecule has 0 aliphatic heterocycles. The summed E-state index contributed by atoms with van der Waals surface area (Å²) >= 11 is 0. The van der Waals surface area contributed by atoms with Crippen molar-refractivity contribution < 1.29 is 18.6 Å². The zero-order valence-corrected chi connectivity index (χ0v) is 10.9. The predicted octanol–water partition coefficient (Wildman–Crippen LogP) is 3.66. The number of alkyl halides is 2. The lowest BCUT2D eigenvalue weighted by molar-refractivity contribution is 0.00480. The number of aliphatic hydroxyl groups is 1. The number of hydrogen-bond donors (Lipinski definition) is 1. The average molecular weight is 270 g/mol. The SMILES string of the molecule is OC(CCOCC(F)F)c1cccc(C2CCC2)c1. The molecule has 1 saturated carbocycles. The Labute approximate surface area is 112 Å². The van der Waals surface area contributed by atoms with Gasteiger partial charge in [-0.2, -0.15) is 0 Å². The van der Waals surface area contributed by atoms with Crippen LogP contribution in [0.2, 0.25) is 0 Å². The summed E-state index contributed by atoms with van der Waals surface area (Å²) in [5.74, 6) is 0.627. The highest BCUT2D eigenvalue weighted by molar-refractivity contribution is 5.28. The maximum absolute atomic E-state index is 11.9. The maximum atomic E-state index is 11.9. The highest BCUT2D eigenvalue weighted by atomic mass is 19.3. The molecule has 4 heteroatoms. The van der Waals surface area contributed by atoms with Crippen molar-refractivity contribution in [1.29, 1.82) is 0 Å². The molecule has 1 fully saturated rings. The van der Waals surface area contributed by atoms with E-state index in [9.17, 15) is 13.9 Å². The largest absolute Gasteiger partial charge is 0.388 e. The highest BCUT2D eigenvalue weighted by Crippen LogP contribution is 2.37. The number of benzene rings is 1. The van der Waals surface area contributed by atoms with Crippen LogP contribution in [0.25, 0.3) is 0 Å². The second-order valence-electron chi connectivity index (χ2n) is 5.07. The zero-order chi connectivity index (χ0) is 13.7. The molecule has 2 nitrogen and oxygen atoms in total. The molecule has 2 rings (SSSR count). The maximum Gasteiger partial charge on any atom is 0.261 e. The van der Waals surface area contributed by atoms with E-state index in [0.717, 1.165) is 5.56 Å². The zero-order valence-electron chi connectivity index (χ0n) is 10.9. The van der Waals surface area contributed by atoms with Crippen molar-refractivity contribution in [3.05, 3.63) is 35.4 Å². The van der Waals surface area contributed by atoms with Crippen molar-refractivity contribution in [3.8, 4) is 0 Å². The van der Waals surface area contributed by atoms with E-state index in [1.165, 1.54) is 24.8 Å². The normalized spacial score (nSPS) is 17.5. The van der Waals surface area contributed by atoms with Crippen LogP contribution >= 0.6 is 0 Å². The van der Waals surface area contributed by atoms with Crippen LogP contribution in [0.3, 0.4) is 0 Å². The van der Waals surface area contributed by atoms with Crippen molar-refractivity contribution in [2.45, 2.75) is 44.1 Å². The molecule has 1 atom stereocenters. The summed E-state index contributed by atoms with van der Waals surface area (Å²) in [5, 5.41) is 10.0. The first-order chi connectivity index (χ1) is 9.16. The van der Waals surface area contributed by atoms with Gasteiger partial charge in [0.2, 0.25) is 0 Å². The lowest BCUT2D eigenvalue weighted by Gasteiger charge is -2.26. The average Bonchev–Trinajstić information content (AvgIpc) is 2.32. The first kappa shape index (κ1) is 14.4. The highest BCUT2D eigenvalue weighted by Gasteiger charge is 2.20. The molecule has 19 heavy (non-hydrogen) atoms. The standard InChI is InChI=1S/C15H20F2O2/c16-15(17)10-19-8-7-14(18)13-6-2-5-12(9-13)11-3-1-4-11/h2,5-6,9,11,14-15,18H,1,3-4,7-8,10H2. The van der Waals surface area contributed by atoms with E-state index >= 15 is 0 Å². The van der Waals surface area contributed by atoms with Crippen LogP contribution in [0.15, 0.2) is 24.3 Å². The van der Waals surface area contributed by atoms with E-state index in [1.807, 2.05) is 18.2 Å². The summed E-state index contributed by atoms with van der Waals surface area (Å²) in [5.41, 5.74) is 2.13. The van der Waals surface area contributed by atoms with E-state index in [0.29, 0.717) is 12.3 Å². The van der Waals surface area contributed by atoms with Gasteiger partial charge in [-0.15, -0.1) is 0 Å². The third-order valence-electron chi connectivity index (χ3n) is 3.65. The summed E-state index contributed by atoms with van der Waals surface area (Å²) in [6.07, 6.45) is 0.977. The second kappa shape index (κ2) is 6.96. The van der Waals surface area contributed by atoms with Crippen LogP contribution in [0.5, 0.6) is 0 Å². The minimum Gasteiger partial charge on any atom is -0.388 e. The van der Waals surface area contributed by atoms with Crippen molar-refractivity contribution in [2.24, 2.45) is 0 Å². The molecule has 106 valence electrons. The summed E-state index contributed by atoms with van der Waals surface area (Å²) < 4.78 is 28.6. The molecule has 0 spiro atoms. The predicted molar refractivity (Wildman–Crippen MR) is 69.4 cm³/mol. The Morgan fingerprint density at radius 2 is 2.11 bits per heavy atom. The Bertz CT molecular complexity index is 391. The van der Waals surface area contributed by atoms with Crippen LogP contribution in [0, 0.1) is 0 Å². The van der Waals surface area contributed by atoms with Gasteiger partial charge in [-0.1, -0.05) is 30.7 Å². The van der Waals surface area contributed by atoms with Gasteiger partial charge in [0.25, 0.3) is 6.43 Å². The molecule has 1 aliphatic carbocycles. The molecule has 0 amide bonds. The van der Waals surface area contributed by atoms with E-state index in [-0.39, 0.29) is 6.61 Å². The molecule has 1 aromatic rings. The van der Waals surface area contributed by atoms with Crippen LogP contribution < -0.4 is 0 Å². The summed E-state index contributed by atoms with van der Waals surface area (Å²) in [7, 11) is 0. The van der Waals surface area contributed by atoms with Gasteiger partial charge in [0, 0.05) is 13.0 Å². The fourth-order valence-corrected chi connectivity index (χ4v) is 2.30. The monoisotopic (exact) mass is 270 g/mol. The lowest BCUT2D eigenvalue weighted by Crippen LogP contribution is -2.11. The Hall–Kier alpha value is -1.00. The topological polar surface area (TPSA) is 29.5 Å². The number of ether oxygens (including phenoxy) is 1. The van der Waals surface area contributed by atoms with Crippen LogP contribution in [0.1, 0.15) is 48.8 Å². The minimum atomic E-state index is -2.45. The van der Waals surface area contributed by atoms with Gasteiger partial charge in [-0.3, -0.25) is 0 Å². The first-order valence-electron chi connectivity index (χ1n) is 6.80. The number of halogens is 2. The number of aliphatic hydroxyl groups excluding tert-OH is 1. The van der Waals surface area contributed by atoms with E-state index in [2.05, 4.69) is 6.07 Å². The molecular formula is C15H20F2O2. The van der Waals surface area contributed by atoms with Gasteiger partial charge in [-0.05, 0) is 29.9 Å². The summed E-state index contributed by atoms with van der Waals surface area (Å²) in [4.78, 5) is 0. The van der Waals surface area contributed by atoms with Gasteiger partial charge in [0.15, 0.2) is 0 Å². The van der Waals surface area contributed by atoms with Crippen molar-refractivity contribution in [3.63, 3.8) is 0 Å². The summed E-state index contributed by atoms with van der Waals surface area (Å²) in [6.45, 7) is -0.409. The summed E-state index contributed by atoms with van der Waals surface area (Å²) in [6, 6.07) is 7.95. The Kier molecular flexibility index (Phi) is 5.28. The molecular weight excluding hydrogens is 250 g/mol. The Morgan fingerprint density at radius 3 is 2.74 bits per heavy atom. The first-order valence-corrected chi connectivity index (χ1v) is 6.80. The van der Waals surface area contributed by atoms with Gasteiger partial charge in [0.05, 0.1) is 6.10 Å². The third kappa shape index (κ3) is 4.25. The Balaban J connectivity index is 1.82. The Morgan fingerprint density at radius 1 is 1.32 bits per heavy atom. The van der Waals surface area contributed by atoms with Crippen molar-refractivity contribution >= 4 is 0 Å². The molecule has 0 aromatic heterocycles. The number of rotatable bonds is 7. The molecule has 0 bridgehead atoms. The quantitative estimate of drug-likeness (QED) is 0.766. The minimum absolute atomic E-state index is 0.152. The molecule has 0 heterocycles. The smallest absolute Gasteiger partial charge is 0.261 e. The van der Waals surface area contributed by atoms with E-state index in [1.54, 1.807) is 0 Å². The third-order valence-corrected chi connectivity index (χ3v) is 3.65. The van der Waals surface area contributed by atoms with Crippen LogP contribution in [-0.4, -0.2) is 24.7 Å². The van der Waals surface area contributed by atoms with E-state index < -0.39 is 19.1 Å². The van der Waals surface area contributed by atoms with Gasteiger partial charge in [0.1, 0.15) is 6.61 Å².